The molecule has 0 aromatic carbocycles. The first kappa shape index (κ1) is 12.4. The van der Waals surface area contributed by atoms with Crippen LogP contribution in [-0.4, -0.2) is 32.2 Å². The van der Waals surface area contributed by atoms with Gasteiger partial charge in [-0.2, -0.15) is 0 Å². The van der Waals surface area contributed by atoms with Crippen LogP contribution < -0.4 is 11.1 Å². The van der Waals surface area contributed by atoms with E-state index in [1.807, 2.05) is 0 Å². The van der Waals surface area contributed by atoms with Crippen molar-refractivity contribution in [3.05, 3.63) is 0 Å². The highest BCUT2D eigenvalue weighted by atomic mass is 16.5. The number of rotatable bonds is 7. The monoisotopic (exact) mass is 188 g/mol. The molecule has 3 N–H and O–H groups in total. The zero-order chi connectivity index (χ0) is 10.1. The van der Waals surface area contributed by atoms with Crippen molar-refractivity contribution in [2.75, 3.05) is 26.3 Å². The molecule has 0 aromatic rings. The van der Waals surface area contributed by atoms with Gasteiger partial charge in [-0.25, -0.2) is 0 Å². The topological polar surface area (TPSA) is 64.3 Å². The number of nitrogens with one attached hydrogen (secondary N) is 1. The van der Waals surface area contributed by atoms with Crippen molar-refractivity contribution in [2.45, 2.75) is 20.3 Å². The highest BCUT2D eigenvalue weighted by molar-refractivity contribution is 5.77. The summed E-state index contributed by atoms with van der Waals surface area (Å²) in [6.45, 7) is 6.12. The molecule has 4 nitrogen and oxygen atoms in total. The molecule has 0 fully saturated rings. The summed E-state index contributed by atoms with van der Waals surface area (Å²) in [4.78, 5) is 11.0. The van der Waals surface area contributed by atoms with Gasteiger partial charge < -0.3 is 15.8 Å². The van der Waals surface area contributed by atoms with Crippen LogP contribution in [0.5, 0.6) is 0 Å². The van der Waals surface area contributed by atoms with Gasteiger partial charge in [-0.15, -0.1) is 0 Å². The van der Waals surface area contributed by atoms with Gasteiger partial charge in [0.1, 0.15) is 6.61 Å². The lowest BCUT2D eigenvalue weighted by molar-refractivity contribution is -0.125. The third kappa shape index (κ3) is 9.30. The number of carbonyl (C=O) groups is 1. The van der Waals surface area contributed by atoms with E-state index in [0.717, 1.165) is 6.42 Å². The number of amides is 1. The number of carbonyl (C=O) groups excluding carboxylic acids is 1. The maximum Gasteiger partial charge on any atom is 0.246 e. The van der Waals surface area contributed by atoms with Gasteiger partial charge in [-0.1, -0.05) is 13.8 Å². The fourth-order valence-electron chi connectivity index (χ4n) is 0.719. The number of hydrogen-bond donors (Lipinski definition) is 2. The van der Waals surface area contributed by atoms with Crippen LogP contribution in [0.1, 0.15) is 20.3 Å². The zero-order valence-electron chi connectivity index (χ0n) is 8.51. The Morgan fingerprint density at radius 3 is 2.77 bits per heavy atom. The molecule has 0 aromatic heterocycles. The van der Waals surface area contributed by atoms with E-state index in [2.05, 4.69) is 19.2 Å². The summed E-state index contributed by atoms with van der Waals surface area (Å²) in [5.74, 6) is 0.429. The van der Waals surface area contributed by atoms with E-state index in [-0.39, 0.29) is 12.5 Å². The van der Waals surface area contributed by atoms with Crippen LogP contribution in [-0.2, 0) is 9.53 Å². The molecule has 0 bridgehead atoms. The molecular formula is C9H20N2O2. The van der Waals surface area contributed by atoms with Crippen molar-refractivity contribution < 1.29 is 9.53 Å². The standard InChI is InChI=1S/C9H20N2O2/c1-8(2)6-11-9(12)7-13-5-3-4-10/h8H,3-7,10H2,1-2H3,(H,11,12). The van der Waals surface area contributed by atoms with E-state index < -0.39 is 0 Å². The second-order valence-electron chi connectivity index (χ2n) is 3.39. The number of nitrogens with two attached hydrogens (primary N) is 1. The molecule has 0 unspecified atom stereocenters. The predicted octanol–water partition coefficient (Wildman–Crippen LogP) is 0.124. The molecule has 0 radical (unpaired) electrons. The van der Waals surface area contributed by atoms with Crippen LogP contribution in [0.2, 0.25) is 0 Å². The second kappa shape index (κ2) is 8.01. The predicted molar refractivity (Wildman–Crippen MR) is 52.3 cm³/mol. The maximum absolute atomic E-state index is 11.0. The summed E-state index contributed by atoms with van der Waals surface area (Å²) in [5.41, 5.74) is 5.26. The minimum atomic E-state index is -0.0503. The van der Waals surface area contributed by atoms with Gasteiger partial charge in [-0.05, 0) is 18.9 Å². The summed E-state index contributed by atoms with van der Waals surface area (Å²) in [7, 11) is 0. The minimum absolute atomic E-state index is 0.0503. The fourth-order valence-corrected chi connectivity index (χ4v) is 0.719. The van der Waals surface area contributed by atoms with E-state index in [4.69, 9.17) is 10.5 Å². The van der Waals surface area contributed by atoms with Crippen molar-refractivity contribution in [1.29, 1.82) is 0 Å². The molecule has 0 saturated carbocycles. The molecule has 0 rings (SSSR count). The van der Waals surface area contributed by atoms with Crippen LogP contribution in [0.4, 0.5) is 0 Å². The van der Waals surface area contributed by atoms with Gasteiger partial charge in [0.15, 0.2) is 0 Å². The van der Waals surface area contributed by atoms with Crippen LogP contribution in [0.3, 0.4) is 0 Å². The van der Waals surface area contributed by atoms with E-state index in [9.17, 15) is 4.79 Å². The Morgan fingerprint density at radius 1 is 1.54 bits per heavy atom. The molecule has 0 aliphatic heterocycles. The molecule has 0 saturated heterocycles. The first-order valence-corrected chi connectivity index (χ1v) is 4.71. The molecule has 0 spiro atoms. The molecular weight excluding hydrogens is 168 g/mol. The second-order valence-corrected chi connectivity index (χ2v) is 3.39. The number of hydrogen-bond acceptors (Lipinski definition) is 3. The van der Waals surface area contributed by atoms with Crippen molar-refractivity contribution in [3.8, 4) is 0 Å². The van der Waals surface area contributed by atoms with Crippen LogP contribution in [0.25, 0.3) is 0 Å². The lowest BCUT2D eigenvalue weighted by Crippen LogP contribution is -2.30. The zero-order valence-corrected chi connectivity index (χ0v) is 8.51. The summed E-state index contributed by atoms with van der Waals surface area (Å²) in [5, 5.41) is 2.76. The fraction of sp³-hybridized carbons (Fsp3) is 0.889. The number of ether oxygens (including phenoxy) is 1. The lowest BCUT2D eigenvalue weighted by atomic mass is 10.2. The van der Waals surface area contributed by atoms with Gasteiger partial charge in [0.05, 0.1) is 0 Å². The Kier molecular flexibility index (Phi) is 7.63. The van der Waals surface area contributed by atoms with Crippen molar-refractivity contribution in [1.82, 2.24) is 5.32 Å². The van der Waals surface area contributed by atoms with E-state index in [1.165, 1.54) is 0 Å². The highest BCUT2D eigenvalue weighted by Crippen LogP contribution is 1.87. The molecule has 4 heteroatoms. The van der Waals surface area contributed by atoms with E-state index in [1.54, 1.807) is 0 Å². The Labute approximate surface area is 79.8 Å². The van der Waals surface area contributed by atoms with Crippen molar-refractivity contribution >= 4 is 5.91 Å². The van der Waals surface area contributed by atoms with E-state index >= 15 is 0 Å². The molecule has 0 atom stereocenters. The third-order valence-corrected chi connectivity index (χ3v) is 1.43. The van der Waals surface area contributed by atoms with Gasteiger partial charge >= 0.3 is 0 Å². The molecule has 1 amide bonds. The molecule has 0 heterocycles. The van der Waals surface area contributed by atoms with Crippen LogP contribution in [0, 0.1) is 5.92 Å². The lowest BCUT2D eigenvalue weighted by Gasteiger charge is -2.07. The Bertz CT molecular complexity index is 138. The van der Waals surface area contributed by atoms with Crippen LogP contribution >= 0.6 is 0 Å². The average Bonchev–Trinajstić information content (AvgIpc) is 2.09. The highest BCUT2D eigenvalue weighted by Gasteiger charge is 2.01. The molecule has 78 valence electrons. The first-order chi connectivity index (χ1) is 6.16. The maximum atomic E-state index is 11.0. The smallest absolute Gasteiger partial charge is 0.246 e. The summed E-state index contributed by atoms with van der Waals surface area (Å²) < 4.78 is 5.08. The SMILES string of the molecule is CC(C)CNC(=O)COCCCN. The van der Waals surface area contributed by atoms with Gasteiger partial charge in [0, 0.05) is 13.2 Å². The largest absolute Gasteiger partial charge is 0.372 e. The van der Waals surface area contributed by atoms with Crippen molar-refractivity contribution in [2.24, 2.45) is 11.7 Å². The Balaban J connectivity index is 3.20. The van der Waals surface area contributed by atoms with Crippen molar-refractivity contribution in [3.63, 3.8) is 0 Å². The Hall–Kier alpha value is -0.610. The molecule has 0 aliphatic rings. The van der Waals surface area contributed by atoms with Gasteiger partial charge in [0.2, 0.25) is 5.91 Å². The quantitative estimate of drug-likeness (QED) is 0.558. The molecule has 13 heavy (non-hydrogen) atoms. The average molecular weight is 188 g/mol. The summed E-state index contributed by atoms with van der Waals surface area (Å²) in [6.07, 6.45) is 0.803. The van der Waals surface area contributed by atoms with Gasteiger partial charge in [-0.3, -0.25) is 4.79 Å². The summed E-state index contributed by atoms with van der Waals surface area (Å²) >= 11 is 0. The summed E-state index contributed by atoms with van der Waals surface area (Å²) in [6, 6.07) is 0. The van der Waals surface area contributed by atoms with Crippen LogP contribution in [0.15, 0.2) is 0 Å². The normalized spacial score (nSPS) is 10.5. The van der Waals surface area contributed by atoms with Gasteiger partial charge in [0.25, 0.3) is 0 Å². The molecule has 0 aliphatic carbocycles. The first-order valence-electron chi connectivity index (χ1n) is 4.71. The minimum Gasteiger partial charge on any atom is -0.372 e. The third-order valence-electron chi connectivity index (χ3n) is 1.43. The Morgan fingerprint density at radius 2 is 2.23 bits per heavy atom. The van der Waals surface area contributed by atoms with E-state index in [0.29, 0.717) is 25.6 Å².